The molecule has 1 saturated heterocycles. The molecular formula is C20H29N3O6. The molecule has 0 unspecified atom stereocenters. The fourth-order valence-corrected chi connectivity index (χ4v) is 3.17. The maximum absolute atomic E-state index is 12.2. The highest BCUT2D eigenvalue weighted by Crippen LogP contribution is 2.30. The van der Waals surface area contributed by atoms with Gasteiger partial charge < -0.3 is 19.7 Å². The van der Waals surface area contributed by atoms with Crippen LogP contribution in [0.2, 0.25) is 0 Å². The van der Waals surface area contributed by atoms with E-state index in [1.165, 1.54) is 18.2 Å². The zero-order chi connectivity index (χ0) is 21.2. The predicted molar refractivity (Wildman–Crippen MR) is 108 cm³/mol. The van der Waals surface area contributed by atoms with E-state index in [1.54, 1.807) is 0 Å². The van der Waals surface area contributed by atoms with Gasteiger partial charge in [0.25, 0.3) is 11.6 Å². The van der Waals surface area contributed by atoms with Crippen molar-refractivity contribution in [2.24, 2.45) is 0 Å². The third-order valence-electron chi connectivity index (χ3n) is 4.74. The molecule has 160 valence electrons. The first-order valence-electron chi connectivity index (χ1n) is 10.00. The normalized spacial score (nSPS) is 14.9. The summed E-state index contributed by atoms with van der Waals surface area (Å²) in [6.07, 6.45) is 4.10. The lowest BCUT2D eigenvalue weighted by molar-refractivity contribution is -0.384. The van der Waals surface area contributed by atoms with Crippen molar-refractivity contribution >= 4 is 23.3 Å². The van der Waals surface area contributed by atoms with Crippen LogP contribution in [0.1, 0.15) is 49.9 Å². The maximum atomic E-state index is 12.2. The summed E-state index contributed by atoms with van der Waals surface area (Å²) < 4.78 is 10.3. The van der Waals surface area contributed by atoms with Crippen LogP contribution in [-0.4, -0.2) is 55.8 Å². The molecule has 29 heavy (non-hydrogen) atoms. The number of rotatable bonds is 10. The Bertz CT molecular complexity index is 718. The molecule has 1 atom stereocenters. The fraction of sp³-hybridized carbons (Fsp3) is 0.600. The van der Waals surface area contributed by atoms with Crippen molar-refractivity contribution in [3.63, 3.8) is 0 Å². The van der Waals surface area contributed by atoms with E-state index in [-0.39, 0.29) is 23.2 Å². The summed E-state index contributed by atoms with van der Waals surface area (Å²) in [5.74, 6) is -1.16. The van der Waals surface area contributed by atoms with E-state index >= 15 is 0 Å². The number of nitrogens with one attached hydrogen (secondary N) is 1. The molecule has 1 N–H and O–H groups in total. The van der Waals surface area contributed by atoms with Crippen molar-refractivity contribution in [2.45, 2.75) is 45.6 Å². The number of nitro groups is 1. The topological polar surface area (TPSA) is 111 Å². The standard InChI is InChI=1S/C20H29N3O6/c1-3-4-5-6-15(2)21-19(24)14-29-20(25)16-7-8-17(18(13-16)23(26)27)22-9-11-28-12-10-22/h7-8,13,15H,3-6,9-12,14H2,1-2H3,(H,21,24)/t15-/m1/s1. The average Bonchev–Trinajstić information content (AvgIpc) is 2.72. The summed E-state index contributed by atoms with van der Waals surface area (Å²) in [5, 5.41) is 14.3. The molecule has 0 saturated carbocycles. The molecule has 1 aromatic rings. The van der Waals surface area contributed by atoms with Gasteiger partial charge in [-0.1, -0.05) is 26.2 Å². The van der Waals surface area contributed by atoms with Crippen molar-refractivity contribution in [1.82, 2.24) is 5.32 Å². The number of carbonyl (C=O) groups is 2. The largest absolute Gasteiger partial charge is 0.452 e. The summed E-state index contributed by atoms with van der Waals surface area (Å²) in [7, 11) is 0. The summed E-state index contributed by atoms with van der Waals surface area (Å²) in [6, 6.07) is 4.21. The Morgan fingerprint density at radius 3 is 2.69 bits per heavy atom. The van der Waals surface area contributed by atoms with Crippen LogP contribution in [0.5, 0.6) is 0 Å². The van der Waals surface area contributed by atoms with Crippen molar-refractivity contribution < 1.29 is 24.0 Å². The number of anilines is 1. The second kappa shape index (κ2) is 11.4. The second-order valence-electron chi connectivity index (χ2n) is 7.10. The molecule has 1 fully saturated rings. The Kier molecular flexibility index (Phi) is 8.85. The van der Waals surface area contributed by atoms with E-state index in [4.69, 9.17) is 9.47 Å². The lowest BCUT2D eigenvalue weighted by Gasteiger charge is -2.28. The Balaban J connectivity index is 1.93. The molecule has 9 nitrogen and oxygen atoms in total. The highest BCUT2D eigenvalue weighted by Gasteiger charge is 2.24. The molecule has 2 rings (SSSR count). The molecule has 0 spiro atoms. The molecule has 1 heterocycles. The molecule has 0 radical (unpaired) electrons. The number of amides is 1. The highest BCUT2D eigenvalue weighted by molar-refractivity contribution is 5.93. The molecule has 9 heteroatoms. The van der Waals surface area contributed by atoms with Crippen LogP contribution >= 0.6 is 0 Å². The maximum Gasteiger partial charge on any atom is 0.338 e. The van der Waals surface area contributed by atoms with E-state index in [0.29, 0.717) is 32.0 Å². The van der Waals surface area contributed by atoms with E-state index in [1.807, 2.05) is 11.8 Å². The number of hydrogen-bond donors (Lipinski definition) is 1. The van der Waals surface area contributed by atoms with Gasteiger partial charge in [0.2, 0.25) is 0 Å². The van der Waals surface area contributed by atoms with Crippen molar-refractivity contribution in [3.05, 3.63) is 33.9 Å². The monoisotopic (exact) mass is 407 g/mol. The van der Waals surface area contributed by atoms with Crippen LogP contribution < -0.4 is 10.2 Å². The third-order valence-corrected chi connectivity index (χ3v) is 4.74. The van der Waals surface area contributed by atoms with Gasteiger partial charge in [-0.25, -0.2) is 4.79 Å². The Labute approximate surface area is 170 Å². The number of nitro benzene ring substituents is 1. The zero-order valence-electron chi connectivity index (χ0n) is 17.0. The third kappa shape index (κ3) is 7.01. The van der Waals surface area contributed by atoms with Gasteiger partial charge in [0.05, 0.1) is 23.7 Å². The number of benzene rings is 1. The van der Waals surface area contributed by atoms with Gasteiger partial charge in [-0.05, 0) is 25.5 Å². The Morgan fingerprint density at radius 2 is 2.03 bits per heavy atom. The number of esters is 1. The molecule has 0 aliphatic carbocycles. The summed E-state index contributed by atoms with van der Waals surface area (Å²) >= 11 is 0. The van der Waals surface area contributed by atoms with Crippen LogP contribution in [-0.2, 0) is 14.3 Å². The van der Waals surface area contributed by atoms with Crippen LogP contribution in [0.4, 0.5) is 11.4 Å². The smallest absolute Gasteiger partial charge is 0.338 e. The van der Waals surface area contributed by atoms with Crippen molar-refractivity contribution in [2.75, 3.05) is 37.8 Å². The molecule has 1 aromatic carbocycles. The van der Waals surface area contributed by atoms with E-state index in [0.717, 1.165) is 25.7 Å². The number of hydrogen-bond acceptors (Lipinski definition) is 7. The van der Waals surface area contributed by atoms with Crippen LogP contribution in [0.15, 0.2) is 18.2 Å². The van der Waals surface area contributed by atoms with E-state index in [9.17, 15) is 19.7 Å². The van der Waals surface area contributed by atoms with Crippen molar-refractivity contribution in [1.29, 1.82) is 0 Å². The highest BCUT2D eigenvalue weighted by atomic mass is 16.6. The number of unbranched alkanes of at least 4 members (excludes halogenated alkanes) is 2. The van der Waals surface area contributed by atoms with Gasteiger partial charge in [0, 0.05) is 25.2 Å². The average molecular weight is 407 g/mol. The first-order valence-corrected chi connectivity index (χ1v) is 10.00. The van der Waals surface area contributed by atoms with Gasteiger partial charge in [-0.3, -0.25) is 14.9 Å². The minimum Gasteiger partial charge on any atom is -0.452 e. The van der Waals surface area contributed by atoms with Crippen LogP contribution in [0.25, 0.3) is 0 Å². The minimum atomic E-state index is -0.768. The summed E-state index contributed by atoms with van der Waals surface area (Å²) in [5.41, 5.74) is 0.307. The van der Waals surface area contributed by atoms with Gasteiger partial charge in [0.15, 0.2) is 6.61 Å². The first-order chi connectivity index (χ1) is 13.9. The van der Waals surface area contributed by atoms with Gasteiger partial charge in [-0.15, -0.1) is 0 Å². The summed E-state index contributed by atoms with van der Waals surface area (Å²) in [6.45, 7) is 5.67. The predicted octanol–water partition coefficient (Wildman–Crippen LogP) is 2.67. The van der Waals surface area contributed by atoms with Crippen LogP contribution in [0.3, 0.4) is 0 Å². The SMILES string of the molecule is CCCCC[C@@H](C)NC(=O)COC(=O)c1ccc(N2CCOCC2)c([N+](=O)[O-])c1. The molecule has 0 bridgehead atoms. The number of morpholine rings is 1. The number of ether oxygens (including phenoxy) is 2. The van der Waals surface area contributed by atoms with Gasteiger partial charge in [-0.2, -0.15) is 0 Å². The fourth-order valence-electron chi connectivity index (χ4n) is 3.17. The van der Waals surface area contributed by atoms with Gasteiger partial charge >= 0.3 is 5.97 Å². The minimum absolute atomic E-state index is 0.00152. The van der Waals surface area contributed by atoms with Gasteiger partial charge in [0.1, 0.15) is 5.69 Å². The molecular weight excluding hydrogens is 378 g/mol. The number of nitrogens with zero attached hydrogens (tertiary/aromatic N) is 2. The molecule has 1 aliphatic heterocycles. The molecule has 1 aliphatic rings. The van der Waals surface area contributed by atoms with E-state index in [2.05, 4.69) is 12.2 Å². The Hall–Kier alpha value is -2.68. The molecule has 1 amide bonds. The van der Waals surface area contributed by atoms with Crippen molar-refractivity contribution in [3.8, 4) is 0 Å². The second-order valence-corrected chi connectivity index (χ2v) is 7.10. The lowest BCUT2D eigenvalue weighted by atomic mass is 10.1. The van der Waals surface area contributed by atoms with Crippen LogP contribution in [0, 0.1) is 10.1 Å². The van der Waals surface area contributed by atoms with E-state index < -0.39 is 17.5 Å². The molecule has 0 aromatic heterocycles. The zero-order valence-corrected chi connectivity index (χ0v) is 17.0. The Morgan fingerprint density at radius 1 is 1.31 bits per heavy atom. The quantitative estimate of drug-likeness (QED) is 0.275. The first kappa shape index (κ1) is 22.6. The lowest BCUT2D eigenvalue weighted by Crippen LogP contribution is -2.36. The number of carbonyl (C=O) groups excluding carboxylic acids is 2. The summed E-state index contributed by atoms with van der Waals surface area (Å²) in [4.78, 5) is 37.0.